The van der Waals surface area contributed by atoms with E-state index in [0.29, 0.717) is 28.5 Å². The number of aryl methyl sites for hydroxylation is 1. The lowest BCUT2D eigenvalue weighted by atomic mass is 10.1. The molecule has 1 amide bonds. The van der Waals surface area contributed by atoms with Crippen molar-refractivity contribution in [1.29, 1.82) is 0 Å². The fourth-order valence-corrected chi connectivity index (χ4v) is 3.84. The lowest BCUT2D eigenvalue weighted by molar-refractivity contribution is -0.145. The molecule has 1 aliphatic rings. The van der Waals surface area contributed by atoms with Gasteiger partial charge >= 0.3 is 5.97 Å². The molecule has 2 aromatic heterocycles. The predicted octanol–water partition coefficient (Wildman–Crippen LogP) is 3.95. The normalized spacial score (nSPS) is 15.0. The van der Waals surface area contributed by atoms with Crippen LogP contribution in [0.2, 0.25) is 0 Å². The van der Waals surface area contributed by atoms with E-state index in [9.17, 15) is 9.59 Å². The minimum Gasteiger partial charge on any atom is -0.479 e. The van der Waals surface area contributed by atoms with Gasteiger partial charge in [-0.2, -0.15) is 0 Å². The Hall–Kier alpha value is -4.47. The number of hydrogen-bond donors (Lipinski definition) is 0. The zero-order valence-corrected chi connectivity index (χ0v) is 19.1. The molecule has 1 atom stereocenters. The largest absolute Gasteiger partial charge is 0.479 e. The summed E-state index contributed by atoms with van der Waals surface area (Å²) in [6, 6.07) is 16.7. The number of aromatic nitrogens is 3. The molecule has 10 nitrogen and oxygen atoms in total. The van der Waals surface area contributed by atoms with Crippen molar-refractivity contribution in [1.82, 2.24) is 15.4 Å². The van der Waals surface area contributed by atoms with Gasteiger partial charge in [0.15, 0.2) is 12.7 Å². The summed E-state index contributed by atoms with van der Waals surface area (Å²) in [6.45, 7) is 3.40. The average Bonchev–Trinajstić information content (AvgIpc) is 3.49. The molecule has 0 N–H and O–H groups in total. The SMILES string of the molecule is Cc1onc(-c2ccccc2)c1-c1nnc(COC(=O)CCN2C(=O)[C@H](C)Oc3ccccc32)o1. The molecular formula is C25H22N4O6. The zero-order chi connectivity index (χ0) is 24.4. The number of carbonyl (C=O) groups is 2. The number of ether oxygens (including phenoxy) is 2. The summed E-state index contributed by atoms with van der Waals surface area (Å²) in [5.41, 5.74) is 2.64. The first-order chi connectivity index (χ1) is 17.0. The number of benzene rings is 2. The van der Waals surface area contributed by atoms with Gasteiger partial charge in [-0.1, -0.05) is 47.6 Å². The lowest BCUT2D eigenvalue weighted by Crippen LogP contribution is -2.45. The van der Waals surface area contributed by atoms with E-state index in [1.165, 1.54) is 4.90 Å². The van der Waals surface area contributed by atoms with Crippen molar-refractivity contribution in [2.24, 2.45) is 0 Å². The summed E-state index contributed by atoms with van der Waals surface area (Å²) in [7, 11) is 0. The van der Waals surface area contributed by atoms with Crippen LogP contribution in [0.25, 0.3) is 22.7 Å². The van der Waals surface area contributed by atoms with E-state index < -0.39 is 12.1 Å². The van der Waals surface area contributed by atoms with Gasteiger partial charge in [-0.25, -0.2) is 0 Å². The Balaban J connectivity index is 1.22. The second kappa shape index (κ2) is 9.41. The van der Waals surface area contributed by atoms with Crippen LogP contribution in [0.5, 0.6) is 5.75 Å². The molecule has 3 heterocycles. The molecule has 10 heteroatoms. The van der Waals surface area contributed by atoms with Crippen LogP contribution in [0.4, 0.5) is 5.69 Å². The second-order valence-electron chi connectivity index (χ2n) is 7.96. The number of fused-ring (bicyclic) bond motifs is 1. The Morgan fingerprint density at radius 3 is 2.69 bits per heavy atom. The van der Waals surface area contributed by atoms with Gasteiger partial charge < -0.3 is 23.3 Å². The summed E-state index contributed by atoms with van der Waals surface area (Å²) in [4.78, 5) is 26.5. The maximum Gasteiger partial charge on any atom is 0.308 e. The summed E-state index contributed by atoms with van der Waals surface area (Å²) in [5, 5.41) is 12.2. The monoisotopic (exact) mass is 474 g/mol. The van der Waals surface area contributed by atoms with Crippen molar-refractivity contribution < 1.29 is 28.0 Å². The number of carbonyl (C=O) groups excluding carboxylic acids is 2. The second-order valence-corrected chi connectivity index (χ2v) is 7.96. The number of anilines is 1. The van der Waals surface area contributed by atoms with Crippen molar-refractivity contribution in [3.8, 4) is 28.5 Å². The average molecular weight is 474 g/mol. The predicted molar refractivity (Wildman–Crippen MR) is 123 cm³/mol. The highest BCUT2D eigenvalue weighted by molar-refractivity contribution is 6.00. The lowest BCUT2D eigenvalue weighted by Gasteiger charge is -2.32. The van der Waals surface area contributed by atoms with Crippen molar-refractivity contribution >= 4 is 17.6 Å². The maximum absolute atomic E-state index is 12.6. The third kappa shape index (κ3) is 4.50. The molecule has 0 radical (unpaired) electrons. The zero-order valence-electron chi connectivity index (χ0n) is 19.1. The van der Waals surface area contributed by atoms with E-state index in [2.05, 4.69) is 15.4 Å². The van der Waals surface area contributed by atoms with E-state index in [1.54, 1.807) is 26.0 Å². The minimum absolute atomic E-state index is 0.00327. The molecule has 5 rings (SSSR count). The first-order valence-electron chi connectivity index (χ1n) is 11.1. The molecule has 0 saturated heterocycles. The van der Waals surface area contributed by atoms with Gasteiger partial charge in [-0.3, -0.25) is 9.59 Å². The van der Waals surface area contributed by atoms with Gasteiger partial charge in [-0.05, 0) is 26.0 Å². The molecule has 0 spiro atoms. The minimum atomic E-state index is -0.626. The van der Waals surface area contributed by atoms with E-state index >= 15 is 0 Å². The van der Waals surface area contributed by atoms with E-state index in [4.69, 9.17) is 18.4 Å². The summed E-state index contributed by atoms with van der Waals surface area (Å²) in [5.74, 6) is 0.773. The van der Waals surface area contributed by atoms with Crippen LogP contribution in [-0.2, 0) is 20.9 Å². The summed E-state index contributed by atoms with van der Waals surface area (Å²) >= 11 is 0. The summed E-state index contributed by atoms with van der Waals surface area (Å²) in [6.07, 6.45) is -0.629. The van der Waals surface area contributed by atoms with Gasteiger partial charge in [-0.15, -0.1) is 10.2 Å². The highest BCUT2D eigenvalue weighted by Gasteiger charge is 2.31. The fraction of sp³-hybridized carbons (Fsp3) is 0.240. The number of hydrogen-bond acceptors (Lipinski definition) is 9. The molecule has 178 valence electrons. The van der Waals surface area contributed by atoms with E-state index in [1.807, 2.05) is 42.5 Å². The van der Waals surface area contributed by atoms with Crippen LogP contribution in [0, 0.1) is 6.92 Å². The topological polar surface area (TPSA) is 121 Å². The van der Waals surface area contributed by atoms with Crippen LogP contribution < -0.4 is 9.64 Å². The number of amides is 1. The first-order valence-corrected chi connectivity index (χ1v) is 11.1. The molecule has 0 bridgehead atoms. The van der Waals surface area contributed by atoms with Gasteiger partial charge in [0, 0.05) is 12.1 Å². The van der Waals surface area contributed by atoms with Crippen molar-refractivity contribution in [2.75, 3.05) is 11.4 Å². The number of esters is 1. The number of rotatable bonds is 7. The van der Waals surface area contributed by atoms with E-state index in [-0.39, 0.29) is 37.3 Å². The fourth-order valence-electron chi connectivity index (χ4n) is 3.84. The van der Waals surface area contributed by atoms with Gasteiger partial charge in [0.2, 0.25) is 0 Å². The van der Waals surface area contributed by atoms with Crippen molar-refractivity contribution in [2.45, 2.75) is 33.0 Å². The highest BCUT2D eigenvalue weighted by Crippen LogP contribution is 2.34. The molecule has 0 aliphatic carbocycles. The van der Waals surface area contributed by atoms with Crippen molar-refractivity contribution in [3.63, 3.8) is 0 Å². The first kappa shape index (κ1) is 22.3. The van der Waals surface area contributed by atoms with Gasteiger partial charge in [0.05, 0.1) is 12.1 Å². The quantitative estimate of drug-likeness (QED) is 0.367. The molecule has 35 heavy (non-hydrogen) atoms. The number of para-hydroxylation sites is 2. The summed E-state index contributed by atoms with van der Waals surface area (Å²) < 4.78 is 22.0. The Labute approximate surface area is 200 Å². The molecule has 0 saturated carbocycles. The molecular weight excluding hydrogens is 452 g/mol. The molecule has 2 aromatic carbocycles. The van der Waals surface area contributed by atoms with Crippen LogP contribution in [-0.4, -0.2) is 39.9 Å². The van der Waals surface area contributed by atoms with Gasteiger partial charge in [0.25, 0.3) is 17.7 Å². The van der Waals surface area contributed by atoms with Crippen LogP contribution in [0.1, 0.15) is 25.0 Å². The number of nitrogens with zero attached hydrogens (tertiary/aromatic N) is 4. The Bertz CT molecular complexity index is 1360. The highest BCUT2D eigenvalue weighted by atomic mass is 16.5. The molecule has 1 aliphatic heterocycles. The van der Waals surface area contributed by atoms with E-state index in [0.717, 1.165) is 5.56 Å². The molecule has 4 aromatic rings. The Kier molecular flexibility index (Phi) is 6.01. The Morgan fingerprint density at radius 2 is 1.86 bits per heavy atom. The smallest absolute Gasteiger partial charge is 0.308 e. The standard InChI is InChI=1S/C25H22N4O6/c1-15-22(23(28-35-15)17-8-4-3-5-9-17)24-27-26-20(34-24)14-32-21(30)12-13-29-18-10-6-7-11-19(18)33-16(2)25(29)31/h3-11,16H,12-14H2,1-2H3/t16-/m0/s1. The van der Waals surface area contributed by atoms with Crippen LogP contribution >= 0.6 is 0 Å². The molecule has 0 fully saturated rings. The Morgan fingerprint density at radius 1 is 1.09 bits per heavy atom. The third-order valence-corrected chi connectivity index (χ3v) is 5.56. The van der Waals surface area contributed by atoms with Gasteiger partial charge in [0.1, 0.15) is 22.8 Å². The maximum atomic E-state index is 12.6. The van der Waals surface area contributed by atoms with Crippen molar-refractivity contribution in [3.05, 3.63) is 66.2 Å². The third-order valence-electron chi connectivity index (χ3n) is 5.56. The van der Waals surface area contributed by atoms with Crippen LogP contribution in [0.15, 0.2) is 63.5 Å². The van der Waals surface area contributed by atoms with Crippen LogP contribution in [0.3, 0.4) is 0 Å². The molecule has 0 unspecified atom stereocenters.